The van der Waals surface area contributed by atoms with Gasteiger partial charge in [-0.2, -0.15) is 8.75 Å². The number of nitrogens with zero attached hydrogens (tertiary/aromatic N) is 2. The minimum absolute atomic E-state index is 0.0620. The number of carboxylic acid groups (broad SMARTS) is 1. The fourth-order valence-corrected chi connectivity index (χ4v) is 4.65. The fraction of sp³-hybridized carbons (Fsp3) is 0.130. The summed E-state index contributed by atoms with van der Waals surface area (Å²) in [7, 11) is 3.10. The highest BCUT2D eigenvalue weighted by molar-refractivity contribution is 7.13. The van der Waals surface area contributed by atoms with E-state index in [4.69, 9.17) is 9.47 Å². The zero-order chi connectivity index (χ0) is 22.7. The van der Waals surface area contributed by atoms with Gasteiger partial charge in [-0.05, 0) is 54.1 Å². The van der Waals surface area contributed by atoms with Gasteiger partial charge in [-0.3, -0.25) is 4.79 Å². The number of thiophene rings is 1. The van der Waals surface area contributed by atoms with Crippen molar-refractivity contribution in [2.75, 3.05) is 14.2 Å². The van der Waals surface area contributed by atoms with Gasteiger partial charge in [0.1, 0.15) is 16.8 Å². The van der Waals surface area contributed by atoms with Gasteiger partial charge < -0.3 is 14.6 Å². The third kappa shape index (κ3) is 4.39. The molecule has 0 amide bonds. The van der Waals surface area contributed by atoms with Gasteiger partial charge in [0, 0.05) is 22.4 Å². The van der Waals surface area contributed by atoms with Gasteiger partial charge >= 0.3 is 5.97 Å². The van der Waals surface area contributed by atoms with Crippen LogP contribution in [0.4, 0.5) is 0 Å². The molecule has 2 aromatic heterocycles. The topological polar surface area (TPSA) is 98.6 Å². The summed E-state index contributed by atoms with van der Waals surface area (Å²) in [5.74, 6) is -0.947. The number of rotatable bonds is 8. The first kappa shape index (κ1) is 21.7. The van der Waals surface area contributed by atoms with Crippen LogP contribution in [0.25, 0.3) is 16.6 Å². The number of benzene rings is 2. The number of carboxylic acids is 1. The van der Waals surface area contributed by atoms with Crippen molar-refractivity contribution in [3.05, 3.63) is 76.2 Å². The molecule has 4 aromatic rings. The number of allylic oxidation sites excluding steroid dienone is 1. The summed E-state index contributed by atoms with van der Waals surface area (Å²) in [6.07, 6.45) is 0.147. The van der Waals surface area contributed by atoms with E-state index in [2.05, 4.69) is 8.75 Å². The Hall–Kier alpha value is -3.56. The van der Waals surface area contributed by atoms with Crippen molar-refractivity contribution in [2.45, 2.75) is 6.42 Å². The van der Waals surface area contributed by atoms with Gasteiger partial charge in [-0.15, -0.1) is 11.3 Å². The van der Waals surface area contributed by atoms with E-state index in [9.17, 15) is 14.7 Å². The van der Waals surface area contributed by atoms with E-state index in [0.717, 1.165) is 16.6 Å². The van der Waals surface area contributed by atoms with Crippen LogP contribution in [0, 0.1) is 0 Å². The molecule has 0 spiro atoms. The van der Waals surface area contributed by atoms with Crippen LogP contribution >= 0.6 is 23.1 Å². The van der Waals surface area contributed by atoms with E-state index >= 15 is 0 Å². The van der Waals surface area contributed by atoms with Gasteiger partial charge in [0.2, 0.25) is 0 Å². The SMILES string of the molecule is COc1ccc(C(=O)/C(Cc2ccc(OC)s2)=C(/C(=O)O)c2ccc3nsnc3c2)cc1. The molecule has 32 heavy (non-hydrogen) atoms. The third-order valence-electron chi connectivity index (χ3n) is 4.87. The minimum atomic E-state index is -1.19. The summed E-state index contributed by atoms with van der Waals surface area (Å²) in [5, 5.41) is 10.8. The number of ketones is 1. The summed E-state index contributed by atoms with van der Waals surface area (Å²) in [4.78, 5) is 26.8. The molecule has 2 heterocycles. The molecule has 7 nitrogen and oxygen atoms in total. The quantitative estimate of drug-likeness (QED) is 0.296. The number of aliphatic carboxylic acids is 1. The van der Waals surface area contributed by atoms with Crippen molar-refractivity contribution < 1.29 is 24.2 Å². The van der Waals surface area contributed by atoms with Gasteiger partial charge in [0.25, 0.3) is 0 Å². The number of fused-ring (bicyclic) bond motifs is 1. The van der Waals surface area contributed by atoms with Crippen molar-refractivity contribution in [3.8, 4) is 10.8 Å². The summed E-state index contributed by atoms with van der Waals surface area (Å²) in [6, 6.07) is 15.2. The molecule has 0 saturated heterocycles. The average molecular weight is 467 g/mol. The van der Waals surface area contributed by atoms with Crippen LogP contribution in [-0.2, 0) is 11.2 Å². The Bertz CT molecular complexity index is 1320. The second kappa shape index (κ2) is 9.29. The van der Waals surface area contributed by atoms with Crippen LogP contribution in [0.1, 0.15) is 20.8 Å². The number of hydrogen-bond acceptors (Lipinski definition) is 8. The van der Waals surface area contributed by atoms with E-state index in [1.54, 1.807) is 62.8 Å². The van der Waals surface area contributed by atoms with Crippen LogP contribution in [0.5, 0.6) is 10.8 Å². The van der Waals surface area contributed by atoms with Crippen molar-refractivity contribution >= 4 is 51.4 Å². The highest BCUT2D eigenvalue weighted by atomic mass is 32.1. The standard InChI is InChI=1S/C23H18N2O5S2/c1-29-15-6-3-13(4-7-15)22(26)17(12-16-8-10-20(30-2)31-16)21(23(27)28)14-5-9-18-19(11-14)25-32-24-18/h3-11H,12H2,1-2H3,(H,27,28)/b21-17+. The maximum atomic E-state index is 13.5. The fourth-order valence-electron chi connectivity index (χ4n) is 3.30. The van der Waals surface area contributed by atoms with Crippen molar-refractivity contribution in [2.24, 2.45) is 0 Å². The molecule has 1 N–H and O–H groups in total. The maximum Gasteiger partial charge on any atom is 0.336 e. The molecular formula is C23H18N2O5S2. The number of Topliss-reactive ketones (excluding diaryl/α,β-unsaturated/α-hetero) is 1. The average Bonchev–Trinajstić information content (AvgIpc) is 3.47. The Morgan fingerprint density at radius 3 is 2.28 bits per heavy atom. The molecule has 0 radical (unpaired) electrons. The number of methoxy groups -OCH3 is 2. The lowest BCUT2D eigenvalue weighted by atomic mass is 9.91. The lowest BCUT2D eigenvalue weighted by molar-refractivity contribution is -0.130. The molecule has 0 aliphatic heterocycles. The smallest absolute Gasteiger partial charge is 0.336 e. The second-order valence-corrected chi connectivity index (χ2v) is 8.45. The highest BCUT2D eigenvalue weighted by Crippen LogP contribution is 2.32. The van der Waals surface area contributed by atoms with Crippen LogP contribution in [0.3, 0.4) is 0 Å². The van der Waals surface area contributed by atoms with Crippen molar-refractivity contribution in [1.82, 2.24) is 8.75 Å². The van der Waals surface area contributed by atoms with Gasteiger partial charge in [0.15, 0.2) is 10.8 Å². The third-order valence-corrected chi connectivity index (χ3v) is 6.48. The lowest BCUT2D eigenvalue weighted by Gasteiger charge is -2.12. The number of ether oxygens (including phenoxy) is 2. The Kier molecular flexibility index (Phi) is 6.29. The van der Waals surface area contributed by atoms with Crippen molar-refractivity contribution in [1.29, 1.82) is 0 Å². The maximum absolute atomic E-state index is 13.5. The number of carbonyl (C=O) groups excluding carboxylic acids is 1. The van der Waals surface area contributed by atoms with Gasteiger partial charge in [-0.1, -0.05) is 6.07 Å². The van der Waals surface area contributed by atoms with Gasteiger partial charge in [0.05, 0.1) is 31.5 Å². The highest BCUT2D eigenvalue weighted by Gasteiger charge is 2.25. The van der Waals surface area contributed by atoms with Crippen LogP contribution in [0.2, 0.25) is 0 Å². The van der Waals surface area contributed by atoms with E-state index < -0.39 is 5.97 Å². The molecule has 0 fully saturated rings. The molecule has 2 aromatic carbocycles. The lowest BCUT2D eigenvalue weighted by Crippen LogP contribution is -2.13. The summed E-state index contributed by atoms with van der Waals surface area (Å²) in [5.41, 5.74) is 2.15. The molecule has 0 aliphatic carbocycles. The van der Waals surface area contributed by atoms with E-state index in [0.29, 0.717) is 33.0 Å². The minimum Gasteiger partial charge on any atom is -0.497 e. The molecule has 162 valence electrons. The number of carbonyl (C=O) groups is 2. The molecule has 0 saturated carbocycles. The summed E-state index contributed by atoms with van der Waals surface area (Å²) in [6.45, 7) is 0. The monoisotopic (exact) mass is 466 g/mol. The largest absolute Gasteiger partial charge is 0.497 e. The van der Waals surface area contributed by atoms with Gasteiger partial charge in [-0.25, -0.2) is 4.79 Å². The normalized spacial score (nSPS) is 11.8. The summed E-state index contributed by atoms with van der Waals surface area (Å²) >= 11 is 2.42. The Balaban J connectivity index is 1.87. The van der Waals surface area contributed by atoms with E-state index in [1.165, 1.54) is 11.3 Å². The first-order valence-electron chi connectivity index (χ1n) is 9.50. The Labute approximate surface area is 191 Å². The predicted octanol–water partition coefficient (Wildman–Crippen LogP) is 4.73. The molecule has 4 rings (SSSR count). The molecule has 9 heteroatoms. The number of aromatic nitrogens is 2. The first-order valence-corrected chi connectivity index (χ1v) is 11.1. The molecular weight excluding hydrogens is 448 g/mol. The molecule has 0 atom stereocenters. The number of hydrogen-bond donors (Lipinski definition) is 1. The van der Waals surface area contributed by atoms with E-state index in [1.807, 2.05) is 6.07 Å². The first-order chi connectivity index (χ1) is 15.5. The zero-order valence-electron chi connectivity index (χ0n) is 17.2. The summed E-state index contributed by atoms with van der Waals surface area (Å²) < 4.78 is 18.8. The van der Waals surface area contributed by atoms with Crippen molar-refractivity contribution in [3.63, 3.8) is 0 Å². The van der Waals surface area contributed by atoms with Crippen LogP contribution in [-0.4, -0.2) is 39.8 Å². The van der Waals surface area contributed by atoms with Crippen LogP contribution < -0.4 is 9.47 Å². The Morgan fingerprint density at radius 2 is 1.62 bits per heavy atom. The molecule has 0 aliphatic rings. The van der Waals surface area contributed by atoms with E-state index in [-0.39, 0.29) is 23.4 Å². The Morgan fingerprint density at radius 1 is 0.906 bits per heavy atom. The predicted molar refractivity (Wildman–Crippen MR) is 124 cm³/mol. The molecule has 0 unspecified atom stereocenters. The van der Waals surface area contributed by atoms with Crippen LogP contribution in [0.15, 0.2) is 60.2 Å². The molecule has 0 bridgehead atoms. The second-order valence-electron chi connectivity index (χ2n) is 6.79. The zero-order valence-corrected chi connectivity index (χ0v) is 18.8.